The van der Waals surface area contributed by atoms with E-state index in [0.717, 1.165) is 42.3 Å². The summed E-state index contributed by atoms with van der Waals surface area (Å²) in [5.74, 6) is 0.715. The van der Waals surface area contributed by atoms with Crippen molar-refractivity contribution in [3.8, 4) is 0 Å². The van der Waals surface area contributed by atoms with Gasteiger partial charge in [0.1, 0.15) is 5.82 Å². The number of hydrogen-bond donors (Lipinski definition) is 0. The average Bonchev–Trinajstić information content (AvgIpc) is 3.56. The Bertz CT molecular complexity index is 1300. The van der Waals surface area contributed by atoms with Gasteiger partial charge in [0.05, 0.1) is 23.4 Å². The lowest BCUT2D eigenvalue weighted by atomic mass is 9.93. The molecule has 0 saturated carbocycles. The zero-order valence-corrected chi connectivity index (χ0v) is 21.4. The molecule has 0 N–H and O–H groups in total. The van der Waals surface area contributed by atoms with Gasteiger partial charge in [0, 0.05) is 56.3 Å². The number of imide groups is 1. The van der Waals surface area contributed by atoms with Crippen LogP contribution in [-0.4, -0.2) is 71.8 Å². The number of anilines is 2. The van der Waals surface area contributed by atoms with E-state index in [1.807, 2.05) is 52.7 Å². The zero-order valence-electron chi connectivity index (χ0n) is 20.6. The second-order valence-corrected chi connectivity index (χ2v) is 10.8. The molecular formula is C28H29N5O3S. The Labute approximate surface area is 220 Å². The summed E-state index contributed by atoms with van der Waals surface area (Å²) in [6, 6.07) is 15.3. The lowest BCUT2D eigenvalue weighted by Gasteiger charge is -2.39. The van der Waals surface area contributed by atoms with E-state index in [4.69, 9.17) is 0 Å². The average molecular weight is 516 g/mol. The molecule has 0 bridgehead atoms. The summed E-state index contributed by atoms with van der Waals surface area (Å²) in [4.78, 5) is 52.8. The molecule has 3 aliphatic heterocycles. The summed E-state index contributed by atoms with van der Waals surface area (Å²) in [5, 5.41) is 1.95. The van der Waals surface area contributed by atoms with E-state index in [1.54, 1.807) is 23.6 Å². The monoisotopic (exact) mass is 515 g/mol. The van der Waals surface area contributed by atoms with Crippen LogP contribution in [0.2, 0.25) is 0 Å². The number of piperazine rings is 1. The molecule has 0 spiro atoms. The molecule has 5 heterocycles. The number of fused-ring (bicyclic) bond motifs is 1. The molecular weight excluding hydrogens is 486 g/mol. The Morgan fingerprint density at radius 1 is 0.865 bits per heavy atom. The number of benzene rings is 1. The van der Waals surface area contributed by atoms with E-state index in [2.05, 4.69) is 14.8 Å². The highest BCUT2D eigenvalue weighted by Crippen LogP contribution is 2.35. The highest BCUT2D eigenvalue weighted by Gasteiger charge is 2.39. The summed E-state index contributed by atoms with van der Waals surface area (Å²) in [6.07, 6.45) is 3.28. The van der Waals surface area contributed by atoms with Crippen molar-refractivity contribution in [2.24, 2.45) is 5.92 Å². The fourth-order valence-electron chi connectivity index (χ4n) is 5.60. The minimum Gasteiger partial charge on any atom is -0.371 e. The maximum absolute atomic E-state index is 13.3. The predicted molar refractivity (Wildman–Crippen MR) is 143 cm³/mol. The molecule has 0 radical (unpaired) electrons. The molecule has 0 atom stereocenters. The second-order valence-electron chi connectivity index (χ2n) is 9.74. The number of thiophene rings is 1. The van der Waals surface area contributed by atoms with E-state index in [1.165, 1.54) is 4.90 Å². The van der Waals surface area contributed by atoms with E-state index in [0.29, 0.717) is 43.9 Å². The normalized spacial score (nSPS) is 18.5. The van der Waals surface area contributed by atoms with Crippen LogP contribution in [0.4, 0.5) is 11.5 Å². The van der Waals surface area contributed by atoms with Gasteiger partial charge in [-0.1, -0.05) is 18.2 Å². The van der Waals surface area contributed by atoms with Crippen molar-refractivity contribution in [1.82, 2.24) is 14.8 Å². The number of rotatable bonds is 5. The van der Waals surface area contributed by atoms with E-state index in [-0.39, 0.29) is 23.6 Å². The Balaban J connectivity index is 1.09. The van der Waals surface area contributed by atoms with E-state index >= 15 is 0 Å². The zero-order chi connectivity index (χ0) is 25.4. The van der Waals surface area contributed by atoms with Crippen LogP contribution in [0, 0.1) is 5.92 Å². The number of aromatic nitrogens is 1. The third-order valence-corrected chi connectivity index (χ3v) is 8.48. The molecule has 190 valence electrons. The maximum Gasteiger partial charge on any atom is 0.264 e. The number of hydrogen-bond acceptors (Lipinski definition) is 7. The van der Waals surface area contributed by atoms with Crippen LogP contribution in [0.1, 0.15) is 38.4 Å². The Morgan fingerprint density at radius 3 is 2.38 bits per heavy atom. The van der Waals surface area contributed by atoms with Gasteiger partial charge in [-0.2, -0.15) is 0 Å². The molecule has 2 saturated heterocycles. The summed E-state index contributed by atoms with van der Waals surface area (Å²) in [7, 11) is 0. The minimum atomic E-state index is -0.231. The van der Waals surface area contributed by atoms with Gasteiger partial charge in [-0.3, -0.25) is 19.3 Å². The summed E-state index contributed by atoms with van der Waals surface area (Å²) in [5.41, 5.74) is 1.78. The second kappa shape index (κ2) is 9.97. The van der Waals surface area contributed by atoms with Crippen molar-refractivity contribution in [2.75, 3.05) is 49.1 Å². The van der Waals surface area contributed by atoms with Crippen LogP contribution in [0.5, 0.6) is 0 Å². The van der Waals surface area contributed by atoms with Gasteiger partial charge < -0.3 is 14.7 Å². The first-order valence-electron chi connectivity index (χ1n) is 12.8. The molecule has 2 fully saturated rings. The summed E-state index contributed by atoms with van der Waals surface area (Å²) < 4.78 is 0. The fourth-order valence-corrected chi connectivity index (χ4v) is 6.30. The third-order valence-electron chi connectivity index (χ3n) is 7.62. The molecule has 2 aromatic heterocycles. The van der Waals surface area contributed by atoms with Gasteiger partial charge in [-0.15, -0.1) is 11.3 Å². The van der Waals surface area contributed by atoms with Crippen LogP contribution in [0.15, 0.2) is 60.1 Å². The van der Waals surface area contributed by atoms with Gasteiger partial charge in [0.25, 0.3) is 11.8 Å². The molecule has 1 aromatic carbocycles. The van der Waals surface area contributed by atoms with Gasteiger partial charge in [0.2, 0.25) is 5.91 Å². The van der Waals surface area contributed by atoms with Crippen LogP contribution in [-0.2, 0) is 11.3 Å². The number of carbonyl (C=O) groups is 3. The standard InChI is InChI=1S/C28H29N5O3S/c34-26(32-16-14-31(15-17-32)24-8-1-2-11-29-24)20-9-12-30(13-10-20)23-7-3-6-22-25(23)28(36)33(27(22)35)19-21-5-4-18-37-21/h1-8,11,18,20H,9-10,12-17,19H2. The molecule has 3 aliphatic rings. The first-order chi connectivity index (χ1) is 18.1. The predicted octanol–water partition coefficient (Wildman–Crippen LogP) is 3.50. The maximum atomic E-state index is 13.3. The quantitative estimate of drug-likeness (QED) is 0.484. The minimum absolute atomic E-state index is 0.0120. The molecule has 0 unspecified atom stereocenters. The van der Waals surface area contributed by atoms with Gasteiger partial charge in [-0.25, -0.2) is 4.98 Å². The largest absolute Gasteiger partial charge is 0.371 e. The molecule has 6 rings (SSSR count). The Morgan fingerprint density at radius 2 is 1.68 bits per heavy atom. The first kappa shape index (κ1) is 23.7. The highest BCUT2D eigenvalue weighted by atomic mass is 32.1. The number of amides is 3. The van der Waals surface area contributed by atoms with E-state index in [9.17, 15) is 14.4 Å². The topological polar surface area (TPSA) is 77.1 Å². The molecule has 0 aliphatic carbocycles. The Hall–Kier alpha value is -3.72. The molecule has 3 aromatic rings. The van der Waals surface area contributed by atoms with Crippen LogP contribution in [0.25, 0.3) is 0 Å². The van der Waals surface area contributed by atoms with E-state index < -0.39 is 0 Å². The lowest BCUT2D eigenvalue weighted by Crippen LogP contribution is -2.52. The molecule has 37 heavy (non-hydrogen) atoms. The highest BCUT2D eigenvalue weighted by molar-refractivity contribution is 7.09. The van der Waals surface area contributed by atoms with Crippen molar-refractivity contribution < 1.29 is 14.4 Å². The SMILES string of the molecule is O=C(C1CCN(c2cccc3c2C(=O)N(Cc2cccs2)C3=O)CC1)N1CCN(c2ccccn2)CC1. The van der Waals surface area contributed by atoms with Crippen molar-refractivity contribution in [2.45, 2.75) is 19.4 Å². The van der Waals surface area contributed by atoms with Crippen molar-refractivity contribution in [3.63, 3.8) is 0 Å². The lowest BCUT2D eigenvalue weighted by molar-refractivity contribution is -0.136. The smallest absolute Gasteiger partial charge is 0.264 e. The first-order valence-corrected chi connectivity index (χ1v) is 13.7. The fraction of sp³-hybridized carbons (Fsp3) is 0.357. The van der Waals surface area contributed by atoms with Gasteiger partial charge in [-0.05, 0) is 48.6 Å². The number of carbonyl (C=O) groups excluding carboxylic acids is 3. The molecule has 3 amide bonds. The summed E-state index contributed by atoms with van der Waals surface area (Å²) >= 11 is 1.54. The number of piperidine rings is 1. The van der Waals surface area contributed by atoms with Gasteiger partial charge >= 0.3 is 0 Å². The van der Waals surface area contributed by atoms with Crippen LogP contribution < -0.4 is 9.80 Å². The van der Waals surface area contributed by atoms with Crippen molar-refractivity contribution in [1.29, 1.82) is 0 Å². The Kier molecular flexibility index (Phi) is 6.38. The number of nitrogens with zero attached hydrogens (tertiary/aromatic N) is 5. The molecule has 9 heteroatoms. The van der Waals surface area contributed by atoms with Crippen LogP contribution >= 0.6 is 11.3 Å². The van der Waals surface area contributed by atoms with Gasteiger partial charge in [0.15, 0.2) is 0 Å². The third kappa shape index (κ3) is 4.48. The van der Waals surface area contributed by atoms with Crippen molar-refractivity contribution >= 4 is 40.6 Å². The van der Waals surface area contributed by atoms with Crippen molar-refractivity contribution in [3.05, 3.63) is 76.1 Å². The summed E-state index contributed by atoms with van der Waals surface area (Å²) in [6.45, 7) is 4.66. The number of pyridine rings is 1. The molecule has 8 nitrogen and oxygen atoms in total. The van der Waals surface area contributed by atoms with Crippen LogP contribution in [0.3, 0.4) is 0 Å².